The van der Waals surface area contributed by atoms with Crippen LogP contribution in [0.2, 0.25) is 0 Å². The number of amides is 2. The maximum absolute atomic E-state index is 12.1. The largest absolute Gasteiger partial charge is 0.295 e. The lowest BCUT2D eigenvalue weighted by Crippen LogP contribution is -2.63. The van der Waals surface area contributed by atoms with Gasteiger partial charge in [0.25, 0.3) is 0 Å². The molecule has 0 aromatic carbocycles. The molecule has 5 heteroatoms. The standard InChI is InChI=1S/C13H17N3O2/c1-13(2)12(18)16(11(17)9-15-13)8-5-10-3-6-14-7-4-10/h3-4,6-7,15H,5,8-9H2,1-2H3. The van der Waals surface area contributed by atoms with Crippen LogP contribution in [-0.4, -0.2) is 40.3 Å². The minimum atomic E-state index is -0.661. The topological polar surface area (TPSA) is 62.3 Å². The second kappa shape index (κ2) is 4.86. The summed E-state index contributed by atoms with van der Waals surface area (Å²) in [5.41, 5.74) is 0.411. The van der Waals surface area contributed by atoms with Gasteiger partial charge in [0.15, 0.2) is 0 Å². The first-order valence-corrected chi connectivity index (χ1v) is 5.99. The molecule has 0 saturated carbocycles. The van der Waals surface area contributed by atoms with E-state index in [4.69, 9.17) is 0 Å². The Morgan fingerprint density at radius 1 is 1.33 bits per heavy atom. The van der Waals surface area contributed by atoms with Crippen LogP contribution in [0.1, 0.15) is 19.4 Å². The zero-order chi connectivity index (χ0) is 13.2. The monoisotopic (exact) mass is 247 g/mol. The van der Waals surface area contributed by atoms with E-state index in [1.54, 1.807) is 26.2 Å². The predicted octanol–water partition coefficient (Wildman–Crippen LogP) is 0.361. The number of rotatable bonds is 3. The fourth-order valence-corrected chi connectivity index (χ4v) is 1.93. The van der Waals surface area contributed by atoms with Crippen molar-refractivity contribution < 1.29 is 9.59 Å². The summed E-state index contributed by atoms with van der Waals surface area (Å²) in [4.78, 5) is 29.1. The highest BCUT2D eigenvalue weighted by Gasteiger charge is 2.39. The second-order valence-corrected chi connectivity index (χ2v) is 4.93. The summed E-state index contributed by atoms with van der Waals surface area (Å²) in [5, 5.41) is 2.94. The third-order valence-corrected chi connectivity index (χ3v) is 3.14. The molecule has 1 saturated heterocycles. The van der Waals surface area contributed by atoms with Gasteiger partial charge in [0.1, 0.15) is 0 Å². The van der Waals surface area contributed by atoms with Crippen molar-refractivity contribution in [3.8, 4) is 0 Å². The van der Waals surface area contributed by atoms with E-state index in [2.05, 4.69) is 10.3 Å². The Hall–Kier alpha value is -1.75. The predicted molar refractivity (Wildman–Crippen MR) is 66.7 cm³/mol. The maximum atomic E-state index is 12.1. The molecular weight excluding hydrogens is 230 g/mol. The summed E-state index contributed by atoms with van der Waals surface area (Å²) >= 11 is 0. The molecule has 2 heterocycles. The van der Waals surface area contributed by atoms with Gasteiger partial charge >= 0.3 is 0 Å². The van der Waals surface area contributed by atoms with Crippen LogP contribution < -0.4 is 5.32 Å². The Morgan fingerprint density at radius 2 is 2.00 bits per heavy atom. The van der Waals surface area contributed by atoms with E-state index in [0.29, 0.717) is 13.0 Å². The minimum absolute atomic E-state index is 0.159. The molecule has 1 N–H and O–H groups in total. The van der Waals surface area contributed by atoms with Gasteiger partial charge in [-0.05, 0) is 38.0 Å². The van der Waals surface area contributed by atoms with Gasteiger partial charge in [-0.25, -0.2) is 0 Å². The van der Waals surface area contributed by atoms with Crippen molar-refractivity contribution in [2.75, 3.05) is 13.1 Å². The Balaban J connectivity index is 2.03. The van der Waals surface area contributed by atoms with Crippen LogP contribution >= 0.6 is 0 Å². The van der Waals surface area contributed by atoms with Crippen LogP contribution in [0.4, 0.5) is 0 Å². The molecular formula is C13H17N3O2. The highest BCUT2D eigenvalue weighted by molar-refractivity contribution is 6.03. The number of nitrogens with zero attached hydrogens (tertiary/aromatic N) is 2. The van der Waals surface area contributed by atoms with Crippen molar-refractivity contribution in [2.24, 2.45) is 0 Å². The Bertz CT molecular complexity index is 457. The third-order valence-electron chi connectivity index (χ3n) is 3.14. The number of aromatic nitrogens is 1. The van der Waals surface area contributed by atoms with Crippen LogP contribution in [0, 0.1) is 0 Å². The van der Waals surface area contributed by atoms with E-state index in [1.807, 2.05) is 12.1 Å². The summed E-state index contributed by atoms with van der Waals surface area (Å²) in [6, 6.07) is 3.78. The molecule has 18 heavy (non-hydrogen) atoms. The van der Waals surface area contributed by atoms with E-state index in [-0.39, 0.29) is 18.4 Å². The molecule has 1 aromatic heterocycles. The van der Waals surface area contributed by atoms with Crippen molar-refractivity contribution in [2.45, 2.75) is 25.8 Å². The number of nitrogens with one attached hydrogen (secondary N) is 1. The highest BCUT2D eigenvalue weighted by atomic mass is 16.2. The normalized spacial score (nSPS) is 19.1. The number of hydrogen-bond acceptors (Lipinski definition) is 4. The summed E-state index contributed by atoms with van der Waals surface area (Å²) in [6.45, 7) is 4.23. The first-order valence-electron chi connectivity index (χ1n) is 5.99. The van der Waals surface area contributed by atoms with Gasteiger partial charge in [-0.2, -0.15) is 0 Å². The number of pyridine rings is 1. The summed E-state index contributed by atoms with van der Waals surface area (Å²) in [7, 11) is 0. The van der Waals surface area contributed by atoms with Gasteiger partial charge in [-0.3, -0.25) is 24.8 Å². The SMILES string of the molecule is CC1(C)NCC(=O)N(CCc2ccncc2)C1=O. The smallest absolute Gasteiger partial charge is 0.248 e. The molecule has 1 aliphatic heterocycles. The first kappa shape index (κ1) is 12.7. The van der Waals surface area contributed by atoms with Gasteiger partial charge in [0.05, 0.1) is 12.1 Å². The number of piperazine rings is 1. The maximum Gasteiger partial charge on any atom is 0.248 e. The Kier molecular flexibility index (Phi) is 3.43. The molecule has 0 radical (unpaired) electrons. The van der Waals surface area contributed by atoms with E-state index in [9.17, 15) is 9.59 Å². The van der Waals surface area contributed by atoms with Gasteiger partial charge in [0.2, 0.25) is 11.8 Å². The van der Waals surface area contributed by atoms with Crippen LogP contribution in [0.15, 0.2) is 24.5 Å². The van der Waals surface area contributed by atoms with Crippen LogP contribution in [-0.2, 0) is 16.0 Å². The molecule has 1 aliphatic rings. The minimum Gasteiger partial charge on any atom is -0.295 e. The number of carbonyl (C=O) groups is 2. The first-order chi connectivity index (χ1) is 8.50. The number of imide groups is 1. The molecule has 2 amide bonds. The van der Waals surface area contributed by atoms with Crippen LogP contribution in [0.25, 0.3) is 0 Å². The van der Waals surface area contributed by atoms with Crippen molar-refractivity contribution in [3.63, 3.8) is 0 Å². The Morgan fingerprint density at radius 3 is 2.67 bits per heavy atom. The zero-order valence-corrected chi connectivity index (χ0v) is 10.6. The molecule has 5 nitrogen and oxygen atoms in total. The quantitative estimate of drug-likeness (QED) is 0.783. The summed E-state index contributed by atoms with van der Waals surface area (Å²) in [5.74, 6) is -0.318. The van der Waals surface area contributed by atoms with Gasteiger partial charge in [0, 0.05) is 18.9 Å². The Labute approximate surface area is 106 Å². The lowest BCUT2D eigenvalue weighted by atomic mass is 10.00. The molecule has 0 unspecified atom stereocenters. The van der Waals surface area contributed by atoms with Crippen molar-refractivity contribution in [1.29, 1.82) is 0 Å². The van der Waals surface area contributed by atoms with Crippen LogP contribution in [0.5, 0.6) is 0 Å². The summed E-state index contributed by atoms with van der Waals surface area (Å²) < 4.78 is 0. The fraction of sp³-hybridized carbons (Fsp3) is 0.462. The van der Waals surface area contributed by atoms with Crippen molar-refractivity contribution in [1.82, 2.24) is 15.2 Å². The third kappa shape index (κ3) is 2.56. The lowest BCUT2D eigenvalue weighted by molar-refractivity contribution is -0.152. The van der Waals surface area contributed by atoms with Crippen molar-refractivity contribution in [3.05, 3.63) is 30.1 Å². The number of hydrogen-bond donors (Lipinski definition) is 1. The van der Waals surface area contributed by atoms with Crippen LogP contribution in [0.3, 0.4) is 0 Å². The van der Waals surface area contributed by atoms with Crippen molar-refractivity contribution >= 4 is 11.8 Å². The molecule has 0 atom stereocenters. The molecule has 0 bridgehead atoms. The van der Waals surface area contributed by atoms with Gasteiger partial charge in [-0.15, -0.1) is 0 Å². The second-order valence-electron chi connectivity index (χ2n) is 4.93. The highest BCUT2D eigenvalue weighted by Crippen LogP contribution is 2.14. The van der Waals surface area contributed by atoms with E-state index < -0.39 is 5.54 Å². The van der Waals surface area contributed by atoms with Gasteiger partial charge < -0.3 is 0 Å². The van der Waals surface area contributed by atoms with E-state index in [1.165, 1.54) is 4.90 Å². The lowest BCUT2D eigenvalue weighted by Gasteiger charge is -2.36. The molecule has 96 valence electrons. The molecule has 2 rings (SSSR count). The number of carbonyl (C=O) groups excluding carboxylic acids is 2. The van der Waals surface area contributed by atoms with Gasteiger partial charge in [-0.1, -0.05) is 0 Å². The zero-order valence-electron chi connectivity index (χ0n) is 10.6. The molecule has 0 aliphatic carbocycles. The molecule has 1 aromatic rings. The van der Waals surface area contributed by atoms with E-state index in [0.717, 1.165) is 5.56 Å². The summed E-state index contributed by atoms with van der Waals surface area (Å²) in [6.07, 6.45) is 4.08. The molecule has 0 spiro atoms. The molecule has 1 fully saturated rings. The van der Waals surface area contributed by atoms with E-state index >= 15 is 0 Å². The average Bonchev–Trinajstić information content (AvgIpc) is 2.36. The average molecular weight is 247 g/mol. The fourth-order valence-electron chi connectivity index (χ4n) is 1.93.